The summed E-state index contributed by atoms with van der Waals surface area (Å²) in [5.41, 5.74) is 0.656. The Balaban J connectivity index is 3.24. The zero-order valence-electron chi connectivity index (χ0n) is 11.5. The van der Waals surface area contributed by atoms with E-state index in [4.69, 9.17) is 4.74 Å². The van der Waals surface area contributed by atoms with Crippen LogP contribution in [-0.2, 0) is 0 Å². The third kappa shape index (κ3) is 3.16. The van der Waals surface area contributed by atoms with Crippen LogP contribution in [0, 0.1) is 3.57 Å². The van der Waals surface area contributed by atoms with E-state index < -0.39 is 0 Å². The van der Waals surface area contributed by atoms with E-state index in [1.54, 1.807) is 7.11 Å². The van der Waals surface area contributed by atoms with Gasteiger partial charge in [-0.25, -0.2) is 0 Å². The molecule has 1 amide bonds. The Labute approximate surface area is 123 Å². The number of ether oxygens (including phenoxy) is 1. The fraction of sp³-hybridized carbons (Fsp3) is 0.500. The molecule has 1 rings (SSSR count). The van der Waals surface area contributed by atoms with Gasteiger partial charge in [0.2, 0.25) is 0 Å². The second kappa shape index (κ2) is 6.41. The molecular formula is C14H20INO2. The minimum Gasteiger partial charge on any atom is -0.496 e. The van der Waals surface area contributed by atoms with E-state index in [2.05, 4.69) is 22.6 Å². The van der Waals surface area contributed by atoms with E-state index in [1.807, 2.05) is 50.8 Å². The van der Waals surface area contributed by atoms with Crippen molar-refractivity contribution in [2.24, 2.45) is 0 Å². The van der Waals surface area contributed by atoms with Crippen molar-refractivity contribution in [2.75, 3.05) is 7.11 Å². The van der Waals surface area contributed by atoms with Gasteiger partial charge in [-0.15, -0.1) is 0 Å². The van der Waals surface area contributed by atoms with Crippen molar-refractivity contribution in [3.05, 3.63) is 27.3 Å². The molecule has 0 aliphatic heterocycles. The number of hydrogen-bond acceptors (Lipinski definition) is 2. The lowest BCUT2D eigenvalue weighted by Crippen LogP contribution is -2.42. The molecule has 0 bridgehead atoms. The number of amides is 1. The molecule has 0 unspecified atom stereocenters. The third-order valence-corrected chi connectivity index (χ3v) is 3.66. The second-order valence-electron chi connectivity index (χ2n) is 4.72. The third-order valence-electron chi connectivity index (χ3n) is 2.76. The SMILES string of the molecule is COc1cccc(I)c1C(=O)N(C(C)C)C(C)C. The summed E-state index contributed by atoms with van der Waals surface area (Å²) in [5.74, 6) is 0.667. The lowest BCUT2D eigenvalue weighted by molar-refractivity contribution is 0.0639. The van der Waals surface area contributed by atoms with Crippen LogP contribution in [0.2, 0.25) is 0 Å². The number of carbonyl (C=O) groups excluding carboxylic acids is 1. The highest BCUT2D eigenvalue weighted by molar-refractivity contribution is 14.1. The van der Waals surface area contributed by atoms with Gasteiger partial charge in [-0.3, -0.25) is 4.79 Å². The quantitative estimate of drug-likeness (QED) is 0.768. The van der Waals surface area contributed by atoms with Gasteiger partial charge in [0.1, 0.15) is 5.75 Å². The van der Waals surface area contributed by atoms with Crippen LogP contribution in [0.4, 0.5) is 0 Å². The molecule has 0 heterocycles. The van der Waals surface area contributed by atoms with E-state index in [-0.39, 0.29) is 18.0 Å². The molecule has 4 heteroatoms. The molecule has 0 saturated carbocycles. The van der Waals surface area contributed by atoms with Gasteiger partial charge in [-0.05, 0) is 62.4 Å². The number of nitrogens with zero attached hydrogens (tertiary/aromatic N) is 1. The minimum atomic E-state index is 0.0295. The molecule has 100 valence electrons. The van der Waals surface area contributed by atoms with E-state index in [1.165, 1.54) is 0 Å². The zero-order chi connectivity index (χ0) is 13.9. The van der Waals surface area contributed by atoms with Crippen LogP contribution < -0.4 is 4.74 Å². The fourth-order valence-corrected chi connectivity index (χ4v) is 2.78. The molecule has 0 fully saturated rings. The summed E-state index contributed by atoms with van der Waals surface area (Å²) in [6, 6.07) is 5.98. The van der Waals surface area contributed by atoms with Crippen LogP contribution in [0.3, 0.4) is 0 Å². The monoisotopic (exact) mass is 361 g/mol. The molecule has 1 aromatic rings. The highest BCUT2D eigenvalue weighted by Crippen LogP contribution is 2.26. The second-order valence-corrected chi connectivity index (χ2v) is 5.88. The van der Waals surface area contributed by atoms with Crippen molar-refractivity contribution in [2.45, 2.75) is 39.8 Å². The summed E-state index contributed by atoms with van der Waals surface area (Å²) >= 11 is 2.18. The van der Waals surface area contributed by atoms with Crippen molar-refractivity contribution < 1.29 is 9.53 Å². The van der Waals surface area contributed by atoms with Gasteiger partial charge >= 0.3 is 0 Å². The van der Waals surface area contributed by atoms with Gasteiger partial charge in [0.25, 0.3) is 5.91 Å². The van der Waals surface area contributed by atoms with Crippen LogP contribution in [0.25, 0.3) is 0 Å². The molecule has 0 radical (unpaired) electrons. The average Bonchev–Trinajstić information content (AvgIpc) is 2.27. The maximum atomic E-state index is 12.7. The maximum absolute atomic E-state index is 12.7. The Kier molecular flexibility index (Phi) is 5.44. The number of carbonyl (C=O) groups is 1. The highest BCUT2D eigenvalue weighted by atomic mass is 127. The summed E-state index contributed by atoms with van der Waals surface area (Å²) in [5, 5.41) is 0. The number of halogens is 1. The van der Waals surface area contributed by atoms with E-state index in [0.717, 1.165) is 3.57 Å². The number of methoxy groups -OCH3 is 1. The Bertz CT molecular complexity index is 422. The molecule has 0 spiro atoms. The van der Waals surface area contributed by atoms with Gasteiger partial charge in [0, 0.05) is 15.7 Å². The summed E-state index contributed by atoms with van der Waals surface area (Å²) < 4.78 is 6.22. The van der Waals surface area contributed by atoms with Gasteiger partial charge in [0.15, 0.2) is 0 Å². The Hall–Kier alpha value is -0.780. The van der Waals surface area contributed by atoms with Crippen molar-refractivity contribution >= 4 is 28.5 Å². The number of rotatable bonds is 4. The molecule has 0 aliphatic rings. The van der Waals surface area contributed by atoms with Crippen molar-refractivity contribution in [1.29, 1.82) is 0 Å². The van der Waals surface area contributed by atoms with E-state index >= 15 is 0 Å². The average molecular weight is 361 g/mol. The van der Waals surface area contributed by atoms with Crippen LogP contribution in [0.15, 0.2) is 18.2 Å². The Morgan fingerprint density at radius 1 is 1.22 bits per heavy atom. The van der Waals surface area contributed by atoms with Gasteiger partial charge in [0.05, 0.1) is 12.7 Å². The summed E-state index contributed by atoms with van der Waals surface area (Å²) in [6.07, 6.45) is 0. The lowest BCUT2D eigenvalue weighted by atomic mass is 10.1. The van der Waals surface area contributed by atoms with Crippen molar-refractivity contribution in [3.63, 3.8) is 0 Å². The van der Waals surface area contributed by atoms with Crippen LogP contribution in [-0.4, -0.2) is 30.0 Å². The van der Waals surface area contributed by atoms with Gasteiger partial charge < -0.3 is 9.64 Å². The number of hydrogen-bond donors (Lipinski definition) is 0. The normalized spacial score (nSPS) is 10.9. The summed E-state index contributed by atoms with van der Waals surface area (Å²) in [7, 11) is 1.59. The first-order valence-corrected chi connectivity index (χ1v) is 7.13. The molecule has 0 aliphatic carbocycles. The lowest BCUT2D eigenvalue weighted by Gasteiger charge is -2.31. The molecule has 0 saturated heterocycles. The molecule has 3 nitrogen and oxygen atoms in total. The molecule has 0 atom stereocenters. The van der Waals surface area contributed by atoms with E-state index in [9.17, 15) is 4.79 Å². The highest BCUT2D eigenvalue weighted by Gasteiger charge is 2.25. The van der Waals surface area contributed by atoms with Crippen molar-refractivity contribution in [3.8, 4) is 5.75 Å². The fourth-order valence-electron chi connectivity index (χ4n) is 2.08. The van der Waals surface area contributed by atoms with Crippen LogP contribution in [0.1, 0.15) is 38.1 Å². The summed E-state index contributed by atoms with van der Waals surface area (Å²) in [6.45, 7) is 8.11. The molecule has 0 N–H and O–H groups in total. The standard InChI is InChI=1S/C14H20INO2/c1-9(2)16(10(3)4)14(17)13-11(15)7-6-8-12(13)18-5/h6-10H,1-5H3. The maximum Gasteiger partial charge on any atom is 0.259 e. The zero-order valence-corrected chi connectivity index (χ0v) is 13.7. The first-order chi connectivity index (χ1) is 8.40. The predicted molar refractivity (Wildman–Crippen MR) is 82.2 cm³/mol. The van der Waals surface area contributed by atoms with Gasteiger partial charge in [-0.2, -0.15) is 0 Å². The largest absolute Gasteiger partial charge is 0.496 e. The Morgan fingerprint density at radius 3 is 2.22 bits per heavy atom. The van der Waals surface area contributed by atoms with E-state index in [0.29, 0.717) is 11.3 Å². The molecule has 0 aromatic heterocycles. The van der Waals surface area contributed by atoms with Crippen LogP contribution >= 0.6 is 22.6 Å². The smallest absolute Gasteiger partial charge is 0.259 e. The first-order valence-electron chi connectivity index (χ1n) is 6.05. The minimum absolute atomic E-state index is 0.0295. The predicted octanol–water partition coefficient (Wildman–Crippen LogP) is 3.56. The molecule has 1 aromatic carbocycles. The topological polar surface area (TPSA) is 29.5 Å². The molecular weight excluding hydrogens is 341 g/mol. The molecule has 18 heavy (non-hydrogen) atoms. The number of benzene rings is 1. The first kappa shape index (κ1) is 15.3. The van der Waals surface area contributed by atoms with Gasteiger partial charge in [-0.1, -0.05) is 6.07 Å². The Morgan fingerprint density at radius 2 is 1.78 bits per heavy atom. The van der Waals surface area contributed by atoms with Crippen LogP contribution in [0.5, 0.6) is 5.75 Å². The van der Waals surface area contributed by atoms with Crippen molar-refractivity contribution in [1.82, 2.24) is 4.90 Å². The summed E-state index contributed by atoms with van der Waals surface area (Å²) in [4.78, 5) is 14.5.